The maximum atomic E-state index is 10.2. The van der Waals surface area contributed by atoms with Crippen LogP contribution in [0.1, 0.15) is 103 Å². The number of hydrogen-bond acceptors (Lipinski definition) is 2. The van der Waals surface area contributed by atoms with E-state index in [-0.39, 0.29) is 17.1 Å². The second-order valence-corrected chi connectivity index (χ2v) is 9.83. The average Bonchev–Trinajstić information content (AvgIpc) is 2.57. The minimum Gasteiger partial charge on any atom is -0.487 e. The topological polar surface area (TPSA) is 29.5 Å². The first-order valence-corrected chi connectivity index (χ1v) is 10.8. The molecule has 0 bridgehead atoms. The van der Waals surface area contributed by atoms with Gasteiger partial charge in [0, 0.05) is 5.92 Å². The van der Waals surface area contributed by atoms with Crippen LogP contribution in [0.3, 0.4) is 0 Å². The number of rotatable bonds is 6. The van der Waals surface area contributed by atoms with Crippen LogP contribution in [-0.2, 0) is 5.41 Å². The molecule has 1 aromatic rings. The normalized spacial score (nSPS) is 27.4. The Hall–Kier alpha value is -1.02. The molecule has 2 nitrogen and oxygen atoms in total. The van der Waals surface area contributed by atoms with Crippen molar-refractivity contribution in [3.63, 3.8) is 0 Å². The predicted octanol–water partition coefficient (Wildman–Crippen LogP) is 6.35. The van der Waals surface area contributed by atoms with Crippen LogP contribution in [0.15, 0.2) is 18.2 Å². The highest BCUT2D eigenvalue weighted by molar-refractivity contribution is 5.45. The van der Waals surface area contributed by atoms with Crippen LogP contribution in [0, 0.1) is 5.92 Å². The van der Waals surface area contributed by atoms with E-state index in [1.54, 1.807) is 0 Å². The summed E-state index contributed by atoms with van der Waals surface area (Å²) >= 11 is 0. The molecule has 26 heavy (non-hydrogen) atoms. The molecule has 3 rings (SSSR count). The summed E-state index contributed by atoms with van der Waals surface area (Å²) < 4.78 is 6.52. The summed E-state index contributed by atoms with van der Waals surface area (Å²) in [7, 11) is 0. The summed E-state index contributed by atoms with van der Waals surface area (Å²) in [5.74, 6) is 2.00. The van der Waals surface area contributed by atoms with E-state index in [1.165, 1.54) is 43.2 Å². The molecule has 1 fully saturated rings. The van der Waals surface area contributed by atoms with Gasteiger partial charge in [0.1, 0.15) is 11.4 Å². The lowest BCUT2D eigenvalue weighted by atomic mass is 9.65. The number of hydrogen-bond donors (Lipinski definition) is 1. The van der Waals surface area contributed by atoms with Gasteiger partial charge in [0.15, 0.2) is 0 Å². The lowest BCUT2D eigenvalue weighted by Gasteiger charge is -2.48. The molecule has 2 aliphatic rings. The highest BCUT2D eigenvalue weighted by atomic mass is 16.5. The van der Waals surface area contributed by atoms with Crippen LogP contribution < -0.4 is 4.74 Å². The maximum absolute atomic E-state index is 10.2. The van der Waals surface area contributed by atoms with Gasteiger partial charge in [-0.3, -0.25) is 0 Å². The molecule has 3 atom stereocenters. The monoisotopic (exact) mass is 358 g/mol. The SMILES string of the molecule is CCCCCCC(C)(C)c1ccc2c(c1)OC(C)(C)[C@H]1CC[C@H](O)C[C@H]21. The number of fused-ring (bicyclic) bond motifs is 3. The summed E-state index contributed by atoms with van der Waals surface area (Å²) in [6.07, 6.45) is 9.16. The Morgan fingerprint density at radius 2 is 1.92 bits per heavy atom. The summed E-state index contributed by atoms with van der Waals surface area (Å²) in [4.78, 5) is 0. The molecule has 0 aromatic heterocycles. The zero-order valence-electron chi connectivity index (χ0n) is 17.5. The van der Waals surface area contributed by atoms with E-state index < -0.39 is 0 Å². The van der Waals surface area contributed by atoms with Gasteiger partial charge < -0.3 is 9.84 Å². The molecular weight excluding hydrogens is 320 g/mol. The fraction of sp³-hybridized carbons (Fsp3) is 0.750. The van der Waals surface area contributed by atoms with Crippen molar-refractivity contribution in [2.24, 2.45) is 5.92 Å². The van der Waals surface area contributed by atoms with Gasteiger partial charge in [0.05, 0.1) is 6.10 Å². The molecule has 0 spiro atoms. The van der Waals surface area contributed by atoms with Gasteiger partial charge in [-0.05, 0) is 68.1 Å². The van der Waals surface area contributed by atoms with Crippen LogP contribution in [-0.4, -0.2) is 16.8 Å². The fourth-order valence-electron chi connectivity index (χ4n) is 5.17. The Kier molecular flexibility index (Phi) is 5.72. The smallest absolute Gasteiger partial charge is 0.123 e. The molecule has 1 N–H and O–H groups in total. The van der Waals surface area contributed by atoms with E-state index in [1.807, 2.05) is 0 Å². The van der Waals surface area contributed by atoms with Crippen molar-refractivity contribution in [2.75, 3.05) is 0 Å². The third-order valence-corrected chi connectivity index (χ3v) is 6.94. The number of benzene rings is 1. The fourth-order valence-corrected chi connectivity index (χ4v) is 5.17. The number of aliphatic hydroxyl groups is 1. The summed E-state index contributed by atoms with van der Waals surface area (Å²) in [5.41, 5.74) is 2.73. The van der Waals surface area contributed by atoms with Crippen molar-refractivity contribution in [3.05, 3.63) is 29.3 Å². The third-order valence-electron chi connectivity index (χ3n) is 6.94. The maximum Gasteiger partial charge on any atom is 0.123 e. The lowest BCUT2D eigenvalue weighted by Crippen LogP contribution is -2.47. The van der Waals surface area contributed by atoms with E-state index in [2.05, 4.69) is 52.8 Å². The first kappa shape index (κ1) is 19.7. The zero-order valence-corrected chi connectivity index (χ0v) is 17.5. The predicted molar refractivity (Wildman–Crippen MR) is 109 cm³/mol. The van der Waals surface area contributed by atoms with Crippen molar-refractivity contribution >= 4 is 0 Å². The first-order chi connectivity index (χ1) is 12.2. The van der Waals surface area contributed by atoms with E-state index in [0.29, 0.717) is 11.8 Å². The standard InChI is InChI=1S/C24H38O2/c1-6-7-8-9-14-23(2,3)17-10-12-19-20-16-18(25)11-13-21(20)24(4,5)26-22(19)15-17/h10,12,15,18,20-21,25H,6-9,11,13-14,16H2,1-5H3/t18-,20+,21-/m0/s1. The molecule has 0 unspecified atom stereocenters. The Balaban J connectivity index is 1.84. The Morgan fingerprint density at radius 3 is 2.65 bits per heavy atom. The molecule has 1 aliphatic carbocycles. The van der Waals surface area contributed by atoms with E-state index in [4.69, 9.17) is 4.74 Å². The number of unbranched alkanes of at least 4 members (excludes halogenated alkanes) is 3. The minimum absolute atomic E-state index is 0.151. The Morgan fingerprint density at radius 1 is 1.15 bits per heavy atom. The molecule has 1 aliphatic heterocycles. The summed E-state index contributed by atoms with van der Waals surface area (Å²) in [6.45, 7) is 11.5. The van der Waals surface area contributed by atoms with Gasteiger partial charge in [-0.2, -0.15) is 0 Å². The number of aliphatic hydroxyl groups excluding tert-OH is 1. The average molecular weight is 359 g/mol. The summed E-state index contributed by atoms with van der Waals surface area (Å²) in [5, 5.41) is 10.2. The Labute approximate surface area is 160 Å². The van der Waals surface area contributed by atoms with Crippen LogP contribution >= 0.6 is 0 Å². The van der Waals surface area contributed by atoms with Gasteiger partial charge in [-0.1, -0.05) is 58.6 Å². The quantitative estimate of drug-likeness (QED) is 0.600. The molecule has 1 heterocycles. The highest BCUT2D eigenvalue weighted by Crippen LogP contribution is 2.52. The van der Waals surface area contributed by atoms with Crippen molar-refractivity contribution < 1.29 is 9.84 Å². The summed E-state index contributed by atoms with van der Waals surface area (Å²) in [6, 6.07) is 6.91. The lowest BCUT2D eigenvalue weighted by molar-refractivity contribution is -0.0310. The minimum atomic E-state index is -0.160. The van der Waals surface area contributed by atoms with E-state index in [0.717, 1.165) is 25.0 Å². The number of ether oxygens (including phenoxy) is 1. The van der Waals surface area contributed by atoms with Crippen LogP contribution in [0.2, 0.25) is 0 Å². The molecule has 0 saturated heterocycles. The van der Waals surface area contributed by atoms with Gasteiger partial charge in [0.2, 0.25) is 0 Å². The van der Waals surface area contributed by atoms with Crippen molar-refractivity contribution in [2.45, 2.75) is 109 Å². The van der Waals surface area contributed by atoms with E-state index >= 15 is 0 Å². The third kappa shape index (κ3) is 3.96. The van der Waals surface area contributed by atoms with Crippen LogP contribution in [0.4, 0.5) is 0 Å². The van der Waals surface area contributed by atoms with Gasteiger partial charge in [-0.15, -0.1) is 0 Å². The molecule has 1 aromatic carbocycles. The first-order valence-electron chi connectivity index (χ1n) is 10.8. The molecule has 0 radical (unpaired) electrons. The second-order valence-electron chi connectivity index (χ2n) is 9.83. The highest BCUT2D eigenvalue weighted by Gasteiger charge is 2.46. The van der Waals surface area contributed by atoms with Gasteiger partial charge in [0.25, 0.3) is 0 Å². The largest absolute Gasteiger partial charge is 0.487 e. The van der Waals surface area contributed by atoms with E-state index in [9.17, 15) is 5.11 Å². The van der Waals surface area contributed by atoms with Crippen LogP contribution in [0.5, 0.6) is 5.75 Å². The molecule has 2 heteroatoms. The zero-order chi connectivity index (χ0) is 18.9. The molecule has 1 saturated carbocycles. The molecule has 146 valence electrons. The van der Waals surface area contributed by atoms with Crippen LogP contribution in [0.25, 0.3) is 0 Å². The Bertz CT molecular complexity index is 617. The van der Waals surface area contributed by atoms with Gasteiger partial charge >= 0.3 is 0 Å². The molecular formula is C24H38O2. The second kappa shape index (κ2) is 7.54. The van der Waals surface area contributed by atoms with Crippen molar-refractivity contribution in [1.82, 2.24) is 0 Å². The molecule has 0 amide bonds. The van der Waals surface area contributed by atoms with Crippen molar-refractivity contribution in [1.29, 1.82) is 0 Å². The van der Waals surface area contributed by atoms with Gasteiger partial charge in [-0.25, -0.2) is 0 Å². The van der Waals surface area contributed by atoms with Crippen molar-refractivity contribution in [3.8, 4) is 5.75 Å².